The van der Waals surface area contributed by atoms with Crippen LogP contribution >= 0.6 is 15.9 Å². The number of likely N-dealkylation sites (N-methyl/N-ethyl adjacent to an activating group) is 1. The quantitative estimate of drug-likeness (QED) is 0.796. The molecule has 0 bridgehead atoms. The highest BCUT2D eigenvalue weighted by atomic mass is 79.9. The molecule has 1 heterocycles. The van der Waals surface area contributed by atoms with Gasteiger partial charge in [-0.05, 0) is 54.5 Å². The Kier molecular flexibility index (Phi) is 4.68. The molecule has 0 aliphatic carbocycles. The molecule has 1 aliphatic heterocycles. The molecular weight excluding hydrogens is 349 g/mol. The zero-order valence-electron chi connectivity index (χ0n) is 11.1. The van der Waals surface area contributed by atoms with Crippen molar-refractivity contribution in [3.63, 3.8) is 0 Å². The third kappa shape index (κ3) is 3.49. The van der Waals surface area contributed by atoms with Crippen LogP contribution in [-0.2, 0) is 10.0 Å². The minimum atomic E-state index is -3.72. The van der Waals surface area contributed by atoms with Crippen molar-refractivity contribution in [3.05, 3.63) is 22.4 Å². The number of nitrogen functional groups attached to an aromatic ring is 1. The lowest BCUT2D eigenvalue weighted by Gasteiger charge is -2.30. The molecule has 0 aromatic heterocycles. The molecule has 0 amide bonds. The molecule has 1 aromatic carbocycles. The first-order valence-corrected chi connectivity index (χ1v) is 8.52. The molecule has 0 radical (unpaired) electrons. The minimum Gasteiger partial charge on any atom is -0.396 e. The van der Waals surface area contributed by atoms with Crippen molar-refractivity contribution in [3.8, 4) is 0 Å². The van der Waals surface area contributed by atoms with Crippen LogP contribution in [0.5, 0.6) is 0 Å². The Morgan fingerprint density at radius 3 is 2.85 bits per heavy atom. The fourth-order valence-corrected chi connectivity index (χ4v) is 4.61. The van der Waals surface area contributed by atoms with E-state index in [4.69, 9.17) is 5.73 Å². The van der Waals surface area contributed by atoms with E-state index >= 15 is 0 Å². The number of likely N-dealkylation sites (tertiary alicyclic amines) is 1. The molecule has 112 valence electrons. The number of rotatable bonds is 3. The summed E-state index contributed by atoms with van der Waals surface area (Å²) in [7, 11) is -1.77. The predicted octanol–water partition coefficient (Wildman–Crippen LogP) is 1.54. The monoisotopic (exact) mass is 365 g/mol. The van der Waals surface area contributed by atoms with E-state index in [0.717, 1.165) is 31.5 Å². The molecule has 1 saturated heterocycles. The molecular formula is C12H17BrFN3O2S. The highest BCUT2D eigenvalue weighted by Crippen LogP contribution is 2.27. The summed E-state index contributed by atoms with van der Waals surface area (Å²) >= 11 is 3.07. The number of piperidine rings is 1. The zero-order valence-corrected chi connectivity index (χ0v) is 13.5. The van der Waals surface area contributed by atoms with E-state index < -0.39 is 15.8 Å². The van der Waals surface area contributed by atoms with Crippen molar-refractivity contribution in [2.45, 2.75) is 23.8 Å². The summed E-state index contributed by atoms with van der Waals surface area (Å²) in [6.45, 7) is 1.62. The summed E-state index contributed by atoms with van der Waals surface area (Å²) < 4.78 is 40.8. The van der Waals surface area contributed by atoms with Crippen LogP contribution in [0, 0.1) is 5.82 Å². The second-order valence-electron chi connectivity index (χ2n) is 5.03. The Balaban J connectivity index is 2.24. The molecule has 0 saturated carbocycles. The summed E-state index contributed by atoms with van der Waals surface area (Å²) in [5.74, 6) is -0.645. The first kappa shape index (κ1) is 15.7. The predicted molar refractivity (Wildman–Crippen MR) is 79.4 cm³/mol. The van der Waals surface area contributed by atoms with Crippen molar-refractivity contribution in [2.75, 3.05) is 25.9 Å². The van der Waals surface area contributed by atoms with Crippen LogP contribution in [0.1, 0.15) is 12.8 Å². The standard InChI is InChI=1S/C12H17BrFN3O2S/c1-17-4-2-3-8(7-17)16-20(18,19)12-6-11(15)10(14)5-9(12)13/h5-6,8,16H,2-4,7,15H2,1H3. The van der Waals surface area contributed by atoms with Crippen LogP contribution in [0.25, 0.3) is 0 Å². The van der Waals surface area contributed by atoms with E-state index in [1.54, 1.807) is 0 Å². The first-order chi connectivity index (χ1) is 9.29. The number of nitrogens with zero attached hydrogens (tertiary/aromatic N) is 1. The number of hydrogen-bond acceptors (Lipinski definition) is 4. The maximum Gasteiger partial charge on any atom is 0.242 e. The highest BCUT2D eigenvalue weighted by Gasteiger charge is 2.26. The summed E-state index contributed by atoms with van der Waals surface area (Å²) in [6.07, 6.45) is 1.73. The molecule has 1 aromatic rings. The van der Waals surface area contributed by atoms with Crippen molar-refractivity contribution in [1.29, 1.82) is 0 Å². The number of benzene rings is 1. The highest BCUT2D eigenvalue weighted by molar-refractivity contribution is 9.10. The summed E-state index contributed by atoms with van der Waals surface area (Å²) in [5.41, 5.74) is 5.26. The van der Waals surface area contributed by atoms with Crippen LogP contribution in [-0.4, -0.2) is 39.5 Å². The van der Waals surface area contributed by atoms with Gasteiger partial charge in [-0.2, -0.15) is 0 Å². The molecule has 5 nitrogen and oxygen atoms in total. The molecule has 8 heteroatoms. The van der Waals surface area contributed by atoms with Gasteiger partial charge in [0, 0.05) is 17.1 Å². The van der Waals surface area contributed by atoms with E-state index in [1.165, 1.54) is 0 Å². The van der Waals surface area contributed by atoms with Gasteiger partial charge < -0.3 is 10.6 Å². The molecule has 0 spiro atoms. The molecule has 1 fully saturated rings. The van der Waals surface area contributed by atoms with Crippen molar-refractivity contribution in [1.82, 2.24) is 9.62 Å². The van der Waals surface area contributed by atoms with E-state index in [1.807, 2.05) is 7.05 Å². The number of hydrogen-bond donors (Lipinski definition) is 2. The van der Waals surface area contributed by atoms with E-state index in [2.05, 4.69) is 25.6 Å². The molecule has 1 aliphatic rings. The normalized spacial score (nSPS) is 21.1. The van der Waals surface area contributed by atoms with Gasteiger partial charge in [0.05, 0.1) is 10.6 Å². The van der Waals surface area contributed by atoms with Crippen molar-refractivity contribution >= 4 is 31.6 Å². The summed E-state index contributed by atoms with van der Waals surface area (Å²) in [6, 6.07) is 2.06. The second kappa shape index (κ2) is 5.97. The molecule has 2 rings (SSSR count). The Bertz CT molecular complexity index is 609. The Labute approximate surface area is 126 Å². The lowest BCUT2D eigenvalue weighted by atomic mass is 10.1. The van der Waals surface area contributed by atoms with Gasteiger partial charge in [0.1, 0.15) is 5.82 Å². The molecule has 3 N–H and O–H groups in total. The Hall–Kier alpha value is -0.700. The molecule has 1 unspecified atom stereocenters. The topological polar surface area (TPSA) is 75.4 Å². The van der Waals surface area contributed by atoms with Gasteiger partial charge in [0.2, 0.25) is 10.0 Å². The Morgan fingerprint density at radius 2 is 2.20 bits per heavy atom. The average Bonchev–Trinajstić information content (AvgIpc) is 2.33. The van der Waals surface area contributed by atoms with E-state index in [-0.39, 0.29) is 21.1 Å². The van der Waals surface area contributed by atoms with Crippen LogP contribution in [0.15, 0.2) is 21.5 Å². The van der Waals surface area contributed by atoms with Crippen LogP contribution in [0.3, 0.4) is 0 Å². The van der Waals surface area contributed by atoms with Gasteiger partial charge in [-0.15, -0.1) is 0 Å². The number of halogens is 2. The Morgan fingerprint density at radius 1 is 1.50 bits per heavy atom. The van der Waals surface area contributed by atoms with Gasteiger partial charge in [0.15, 0.2) is 0 Å². The second-order valence-corrected chi connectivity index (χ2v) is 7.56. The number of sulfonamides is 1. The molecule has 20 heavy (non-hydrogen) atoms. The van der Waals surface area contributed by atoms with E-state index in [9.17, 15) is 12.8 Å². The lowest BCUT2D eigenvalue weighted by Crippen LogP contribution is -2.46. The third-order valence-corrected chi connectivity index (χ3v) is 5.77. The smallest absolute Gasteiger partial charge is 0.242 e. The minimum absolute atomic E-state index is 0.0374. The summed E-state index contributed by atoms with van der Waals surface area (Å²) in [4.78, 5) is 2.04. The number of nitrogens with two attached hydrogens (primary N) is 1. The van der Waals surface area contributed by atoms with Gasteiger partial charge >= 0.3 is 0 Å². The molecule has 1 atom stereocenters. The number of anilines is 1. The van der Waals surface area contributed by atoms with Gasteiger partial charge in [-0.3, -0.25) is 0 Å². The maximum atomic E-state index is 13.3. The van der Waals surface area contributed by atoms with Gasteiger partial charge in [-0.1, -0.05) is 0 Å². The van der Waals surface area contributed by atoms with Crippen molar-refractivity contribution in [2.24, 2.45) is 0 Å². The number of nitrogens with one attached hydrogen (secondary N) is 1. The van der Waals surface area contributed by atoms with Crippen LogP contribution in [0.2, 0.25) is 0 Å². The van der Waals surface area contributed by atoms with Crippen LogP contribution in [0.4, 0.5) is 10.1 Å². The van der Waals surface area contributed by atoms with E-state index in [0.29, 0.717) is 6.54 Å². The maximum absolute atomic E-state index is 13.3. The van der Waals surface area contributed by atoms with Gasteiger partial charge in [0.25, 0.3) is 0 Å². The average molecular weight is 366 g/mol. The fourth-order valence-electron chi connectivity index (χ4n) is 2.30. The lowest BCUT2D eigenvalue weighted by molar-refractivity contribution is 0.242. The van der Waals surface area contributed by atoms with Crippen molar-refractivity contribution < 1.29 is 12.8 Å². The summed E-state index contributed by atoms with van der Waals surface area (Å²) in [5, 5.41) is 0. The fraction of sp³-hybridized carbons (Fsp3) is 0.500. The largest absolute Gasteiger partial charge is 0.396 e. The third-order valence-electron chi connectivity index (χ3n) is 3.29. The SMILES string of the molecule is CN1CCCC(NS(=O)(=O)c2cc(N)c(F)cc2Br)C1. The first-order valence-electron chi connectivity index (χ1n) is 6.25. The van der Waals surface area contributed by atoms with Crippen LogP contribution < -0.4 is 10.5 Å². The van der Waals surface area contributed by atoms with Gasteiger partial charge in [-0.25, -0.2) is 17.5 Å². The zero-order chi connectivity index (χ0) is 14.9.